The number of methoxy groups -OCH3 is 1. The predicted molar refractivity (Wildman–Crippen MR) is 75.6 cm³/mol. The van der Waals surface area contributed by atoms with E-state index in [1.54, 1.807) is 13.2 Å². The predicted octanol–water partition coefficient (Wildman–Crippen LogP) is 3.06. The zero-order chi connectivity index (χ0) is 13.3. The number of phenolic OH excluding ortho intramolecular Hbond substituents is 1. The molecule has 1 fully saturated rings. The van der Waals surface area contributed by atoms with Gasteiger partial charge in [0.25, 0.3) is 0 Å². The average molecular weight is 314 g/mol. The van der Waals surface area contributed by atoms with E-state index in [2.05, 4.69) is 35.1 Å². The molecule has 0 saturated heterocycles. The second-order valence-corrected chi connectivity index (χ2v) is 6.36. The number of benzene rings is 1. The molecule has 0 radical (unpaired) electrons. The molecule has 0 aliphatic heterocycles. The van der Waals surface area contributed by atoms with Crippen LogP contribution < -0.4 is 5.32 Å². The summed E-state index contributed by atoms with van der Waals surface area (Å²) in [6, 6.07) is 6.08. The third kappa shape index (κ3) is 2.56. The van der Waals surface area contributed by atoms with Gasteiger partial charge >= 0.3 is 0 Å². The van der Waals surface area contributed by atoms with Gasteiger partial charge in [-0.3, -0.25) is 0 Å². The van der Waals surface area contributed by atoms with Crippen molar-refractivity contribution < 1.29 is 9.84 Å². The van der Waals surface area contributed by atoms with Crippen molar-refractivity contribution in [1.29, 1.82) is 0 Å². The fraction of sp³-hybridized carbons (Fsp3) is 0.571. The van der Waals surface area contributed by atoms with Crippen molar-refractivity contribution in [3.8, 4) is 5.75 Å². The molecule has 1 aliphatic rings. The number of hydrogen-bond acceptors (Lipinski definition) is 3. The largest absolute Gasteiger partial charge is 0.507 e. The summed E-state index contributed by atoms with van der Waals surface area (Å²) in [5.41, 5.74) is 1.35. The summed E-state index contributed by atoms with van der Waals surface area (Å²) < 4.78 is 6.18. The number of halogens is 1. The lowest BCUT2D eigenvalue weighted by Gasteiger charge is -2.51. The first-order valence-corrected chi connectivity index (χ1v) is 6.98. The Morgan fingerprint density at radius 3 is 2.78 bits per heavy atom. The second kappa shape index (κ2) is 5.19. The van der Waals surface area contributed by atoms with Gasteiger partial charge in [0.1, 0.15) is 5.75 Å². The van der Waals surface area contributed by atoms with Gasteiger partial charge in [-0.15, -0.1) is 0 Å². The van der Waals surface area contributed by atoms with Crippen LogP contribution in [-0.2, 0) is 11.3 Å². The smallest absolute Gasteiger partial charge is 0.129 e. The Morgan fingerprint density at radius 1 is 1.50 bits per heavy atom. The molecule has 2 unspecified atom stereocenters. The van der Waals surface area contributed by atoms with Crippen LogP contribution in [0.2, 0.25) is 0 Å². The molecular formula is C14H20BrNO2. The van der Waals surface area contributed by atoms with Gasteiger partial charge in [-0.1, -0.05) is 19.9 Å². The normalized spacial score (nSPS) is 25.8. The molecule has 0 amide bonds. The molecule has 0 heterocycles. The maximum atomic E-state index is 9.44. The van der Waals surface area contributed by atoms with Gasteiger partial charge in [0, 0.05) is 25.1 Å². The summed E-state index contributed by atoms with van der Waals surface area (Å²) >= 11 is 3.33. The molecule has 1 aliphatic carbocycles. The van der Waals surface area contributed by atoms with Crippen molar-refractivity contribution >= 4 is 15.9 Å². The van der Waals surface area contributed by atoms with E-state index in [1.807, 2.05) is 12.1 Å². The number of aromatic hydroxyl groups is 1. The van der Waals surface area contributed by atoms with Gasteiger partial charge in [0.15, 0.2) is 0 Å². The second-order valence-electron chi connectivity index (χ2n) is 5.50. The summed E-state index contributed by atoms with van der Waals surface area (Å²) in [6.45, 7) is 5.27. The van der Waals surface area contributed by atoms with Crippen LogP contribution in [0.4, 0.5) is 0 Å². The molecule has 100 valence electrons. The van der Waals surface area contributed by atoms with Crippen molar-refractivity contribution in [2.24, 2.45) is 5.41 Å². The Morgan fingerprint density at radius 2 is 2.22 bits per heavy atom. The maximum Gasteiger partial charge on any atom is 0.129 e. The zero-order valence-electron chi connectivity index (χ0n) is 11.0. The summed E-state index contributed by atoms with van der Waals surface area (Å²) in [7, 11) is 1.78. The van der Waals surface area contributed by atoms with Crippen LogP contribution in [0.1, 0.15) is 25.8 Å². The highest BCUT2D eigenvalue weighted by Crippen LogP contribution is 2.42. The Labute approximate surface area is 117 Å². The monoisotopic (exact) mass is 313 g/mol. The molecule has 0 bridgehead atoms. The molecule has 0 spiro atoms. The number of phenols is 1. The molecule has 0 aromatic heterocycles. The molecule has 2 N–H and O–H groups in total. The van der Waals surface area contributed by atoms with Crippen molar-refractivity contribution in [2.75, 3.05) is 7.11 Å². The van der Waals surface area contributed by atoms with E-state index >= 15 is 0 Å². The maximum absolute atomic E-state index is 9.44. The fourth-order valence-corrected chi connectivity index (χ4v) is 2.96. The highest BCUT2D eigenvalue weighted by molar-refractivity contribution is 9.10. The molecule has 4 heteroatoms. The van der Waals surface area contributed by atoms with Gasteiger partial charge in [0.2, 0.25) is 0 Å². The van der Waals surface area contributed by atoms with E-state index in [0.717, 1.165) is 23.0 Å². The van der Waals surface area contributed by atoms with Gasteiger partial charge in [-0.05, 0) is 40.0 Å². The quantitative estimate of drug-likeness (QED) is 0.897. The number of ether oxygens (including phenoxy) is 1. The third-order valence-electron chi connectivity index (χ3n) is 4.03. The van der Waals surface area contributed by atoms with E-state index < -0.39 is 0 Å². The minimum absolute atomic E-state index is 0.183. The summed E-state index contributed by atoms with van der Waals surface area (Å²) in [5.74, 6) is 0.280. The topological polar surface area (TPSA) is 41.5 Å². The van der Waals surface area contributed by atoms with E-state index in [1.165, 1.54) is 0 Å². The van der Waals surface area contributed by atoms with Crippen LogP contribution in [0.3, 0.4) is 0 Å². The molecular weight excluding hydrogens is 294 g/mol. The number of hydrogen-bond donors (Lipinski definition) is 2. The standard InChI is InChI=1S/C14H20BrNO2/c1-14(2)12(7-13(14)18-3)16-8-9-4-5-11(17)10(15)6-9/h4-6,12-13,16-17H,7-8H2,1-3H3. The van der Waals surface area contributed by atoms with Crippen molar-refractivity contribution in [1.82, 2.24) is 5.32 Å². The minimum atomic E-state index is 0.183. The highest BCUT2D eigenvalue weighted by atomic mass is 79.9. The lowest BCUT2D eigenvalue weighted by Crippen LogP contribution is -2.60. The third-order valence-corrected chi connectivity index (χ3v) is 4.66. The van der Waals surface area contributed by atoms with Crippen molar-refractivity contribution in [3.05, 3.63) is 28.2 Å². The number of rotatable bonds is 4. The van der Waals surface area contributed by atoms with E-state index in [9.17, 15) is 5.11 Å². The summed E-state index contributed by atoms with van der Waals surface area (Å²) in [6.07, 6.45) is 1.41. The molecule has 1 aromatic rings. The molecule has 2 rings (SSSR count). The highest BCUT2D eigenvalue weighted by Gasteiger charge is 2.48. The Hall–Kier alpha value is -0.580. The van der Waals surface area contributed by atoms with Crippen LogP contribution in [0.5, 0.6) is 5.75 Å². The van der Waals surface area contributed by atoms with Crippen LogP contribution in [0.25, 0.3) is 0 Å². The van der Waals surface area contributed by atoms with Crippen molar-refractivity contribution in [2.45, 2.75) is 39.0 Å². The van der Waals surface area contributed by atoms with Crippen LogP contribution >= 0.6 is 15.9 Å². The molecule has 1 aromatic carbocycles. The Balaban J connectivity index is 1.91. The lowest BCUT2D eigenvalue weighted by molar-refractivity contribution is -0.0979. The first kappa shape index (κ1) is 13.8. The number of nitrogens with one attached hydrogen (secondary N) is 1. The van der Waals surface area contributed by atoms with Crippen molar-refractivity contribution in [3.63, 3.8) is 0 Å². The van der Waals surface area contributed by atoms with E-state index in [0.29, 0.717) is 12.1 Å². The zero-order valence-corrected chi connectivity index (χ0v) is 12.6. The van der Waals surface area contributed by atoms with Gasteiger partial charge in [-0.25, -0.2) is 0 Å². The minimum Gasteiger partial charge on any atom is -0.507 e. The molecule has 2 atom stereocenters. The van der Waals surface area contributed by atoms with Gasteiger partial charge in [-0.2, -0.15) is 0 Å². The van der Waals surface area contributed by atoms with E-state index in [4.69, 9.17) is 4.74 Å². The average Bonchev–Trinajstić information content (AvgIpc) is 2.32. The van der Waals surface area contributed by atoms with Gasteiger partial charge < -0.3 is 15.2 Å². The van der Waals surface area contributed by atoms with Crippen LogP contribution in [0.15, 0.2) is 22.7 Å². The molecule has 18 heavy (non-hydrogen) atoms. The first-order valence-electron chi connectivity index (χ1n) is 6.18. The van der Waals surface area contributed by atoms with Crippen LogP contribution in [0, 0.1) is 5.41 Å². The first-order chi connectivity index (χ1) is 8.45. The van der Waals surface area contributed by atoms with Gasteiger partial charge in [0.05, 0.1) is 10.6 Å². The SMILES string of the molecule is COC1CC(NCc2ccc(O)c(Br)c2)C1(C)C. The Kier molecular flexibility index (Phi) is 3.99. The van der Waals surface area contributed by atoms with Crippen LogP contribution in [-0.4, -0.2) is 24.4 Å². The fourth-order valence-electron chi connectivity index (χ4n) is 2.53. The summed E-state index contributed by atoms with van der Waals surface area (Å²) in [4.78, 5) is 0. The summed E-state index contributed by atoms with van der Waals surface area (Å²) in [5, 5.41) is 13.0. The van der Waals surface area contributed by atoms with E-state index in [-0.39, 0.29) is 11.2 Å². The Bertz CT molecular complexity index is 434. The lowest BCUT2D eigenvalue weighted by atomic mass is 9.64. The molecule has 1 saturated carbocycles. The molecule has 3 nitrogen and oxygen atoms in total.